The van der Waals surface area contributed by atoms with E-state index in [1.165, 1.54) is 24.3 Å². The van der Waals surface area contributed by atoms with Crippen LogP contribution in [0, 0.1) is 5.92 Å². The topological polar surface area (TPSA) is 41.6 Å². The fourth-order valence-corrected chi connectivity index (χ4v) is 5.53. The first-order valence-corrected chi connectivity index (χ1v) is 11.8. The molecule has 0 bridgehead atoms. The average Bonchev–Trinajstić information content (AvgIpc) is 2.80. The molecule has 0 radical (unpaired) electrons. The third-order valence-electron chi connectivity index (χ3n) is 6.12. The van der Waals surface area contributed by atoms with Gasteiger partial charge in [-0.05, 0) is 67.5 Å². The molecule has 0 aromatic heterocycles. The molecule has 5 heteroatoms. The molecule has 0 aliphatic carbocycles. The summed E-state index contributed by atoms with van der Waals surface area (Å²) in [5.41, 5.74) is 3.00. The average molecular weight is 411 g/mol. The van der Waals surface area contributed by atoms with E-state index in [1.54, 1.807) is 7.11 Å². The summed E-state index contributed by atoms with van der Waals surface area (Å²) in [4.78, 5) is 15.7. The number of carbonyl (C=O) groups excluding carboxylic acids is 1. The molecular formula is C24H30N2O2S. The lowest BCUT2D eigenvalue weighted by Crippen LogP contribution is -2.47. The fraction of sp³-hybridized carbons (Fsp3) is 0.458. The van der Waals surface area contributed by atoms with E-state index in [2.05, 4.69) is 28.0 Å². The SMILES string of the molecule is COc1ccc(-c2ccccc2NC(=O)C2CCCN(C3CCSCC3)C2)cc1. The lowest BCUT2D eigenvalue weighted by Gasteiger charge is -2.39. The fourth-order valence-electron chi connectivity index (χ4n) is 4.45. The highest BCUT2D eigenvalue weighted by molar-refractivity contribution is 7.99. The zero-order valence-corrected chi connectivity index (χ0v) is 17.9. The smallest absolute Gasteiger partial charge is 0.228 e. The van der Waals surface area contributed by atoms with Crippen LogP contribution in [0.1, 0.15) is 25.7 Å². The van der Waals surface area contributed by atoms with Crippen LogP contribution in [0.4, 0.5) is 5.69 Å². The van der Waals surface area contributed by atoms with E-state index >= 15 is 0 Å². The van der Waals surface area contributed by atoms with Crippen molar-refractivity contribution in [3.05, 3.63) is 48.5 Å². The number of amides is 1. The van der Waals surface area contributed by atoms with Crippen molar-refractivity contribution in [3.8, 4) is 16.9 Å². The number of benzene rings is 2. The molecule has 2 heterocycles. The van der Waals surface area contributed by atoms with Crippen molar-refractivity contribution in [3.63, 3.8) is 0 Å². The molecule has 2 aromatic carbocycles. The van der Waals surface area contributed by atoms with Crippen LogP contribution in [0.5, 0.6) is 5.75 Å². The summed E-state index contributed by atoms with van der Waals surface area (Å²) >= 11 is 2.06. The molecule has 29 heavy (non-hydrogen) atoms. The van der Waals surface area contributed by atoms with Crippen LogP contribution in [-0.2, 0) is 4.79 Å². The summed E-state index contributed by atoms with van der Waals surface area (Å²) in [6.45, 7) is 2.04. The zero-order chi connectivity index (χ0) is 20.1. The molecule has 1 N–H and O–H groups in total. The van der Waals surface area contributed by atoms with Gasteiger partial charge >= 0.3 is 0 Å². The first-order chi connectivity index (χ1) is 14.2. The number of nitrogens with one attached hydrogen (secondary N) is 1. The Morgan fingerprint density at radius 2 is 1.83 bits per heavy atom. The Hall–Kier alpha value is -1.98. The maximum Gasteiger partial charge on any atom is 0.228 e. The Labute approximate surface area is 178 Å². The minimum atomic E-state index is 0.0715. The zero-order valence-electron chi connectivity index (χ0n) is 17.1. The van der Waals surface area contributed by atoms with Gasteiger partial charge in [0.15, 0.2) is 0 Å². The summed E-state index contributed by atoms with van der Waals surface area (Å²) in [5, 5.41) is 3.23. The summed E-state index contributed by atoms with van der Waals surface area (Å²) in [6, 6.07) is 16.7. The highest BCUT2D eigenvalue weighted by Gasteiger charge is 2.30. The highest BCUT2D eigenvalue weighted by Crippen LogP contribution is 2.31. The Balaban J connectivity index is 1.45. The second-order valence-electron chi connectivity index (χ2n) is 7.94. The minimum absolute atomic E-state index is 0.0715. The van der Waals surface area contributed by atoms with Gasteiger partial charge < -0.3 is 10.1 Å². The molecule has 154 valence electrons. The summed E-state index contributed by atoms with van der Waals surface area (Å²) in [7, 11) is 1.67. The Morgan fingerprint density at radius 3 is 2.59 bits per heavy atom. The van der Waals surface area contributed by atoms with E-state index in [0.717, 1.165) is 48.5 Å². The number of methoxy groups -OCH3 is 1. The van der Waals surface area contributed by atoms with Crippen molar-refractivity contribution >= 4 is 23.4 Å². The van der Waals surface area contributed by atoms with Crippen LogP contribution in [-0.4, -0.2) is 48.6 Å². The van der Waals surface area contributed by atoms with Crippen LogP contribution >= 0.6 is 11.8 Å². The highest BCUT2D eigenvalue weighted by atomic mass is 32.2. The third kappa shape index (κ3) is 4.96. The van der Waals surface area contributed by atoms with Gasteiger partial charge in [0.2, 0.25) is 5.91 Å². The van der Waals surface area contributed by atoms with Gasteiger partial charge in [-0.25, -0.2) is 0 Å². The maximum atomic E-state index is 13.1. The first kappa shape index (κ1) is 20.3. The molecule has 2 aliphatic heterocycles. The Kier molecular flexibility index (Phi) is 6.78. The third-order valence-corrected chi connectivity index (χ3v) is 7.17. The van der Waals surface area contributed by atoms with Gasteiger partial charge in [-0.2, -0.15) is 11.8 Å². The quantitative estimate of drug-likeness (QED) is 0.761. The molecule has 0 saturated carbocycles. The van der Waals surface area contributed by atoms with E-state index in [-0.39, 0.29) is 11.8 Å². The van der Waals surface area contributed by atoms with Gasteiger partial charge in [0, 0.05) is 23.8 Å². The number of thioether (sulfide) groups is 1. The van der Waals surface area contributed by atoms with Gasteiger partial charge in [-0.15, -0.1) is 0 Å². The molecule has 2 aromatic rings. The molecule has 1 unspecified atom stereocenters. The number of hydrogen-bond acceptors (Lipinski definition) is 4. The Morgan fingerprint density at radius 1 is 1.07 bits per heavy atom. The van der Waals surface area contributed by atoms with Gasteiger partial charge in [-0.1, -0.05) is 30.3 Å². The van der Waals surface area contributed by atoms with Crippen LogP contribution < -0.4 is 10.1 Å². The van der Waals surface area contributed by atoms with Crippen LogP contribution in [0.25, 0.3) is 11.1 Å². The monoisotopic (exact) mass is 410 g/mol. The number of anilines is 1. The first-order valence-electron chi connectivity index (χ1n) is 10.6. The number of piperidine rings is 1. The normalized spacial score (nSPS) is 20.9. The molecule has 1 amide bonds. The number of rotatable bonds is 5. The van der Waals surface area contributed by atoms with Crippen molar-refractivity contribution < 1.29 is 9.53 Å². The molecule has 2 aliphatic rings. The van der Waals surface area contributed by atoms with Crippen LogP contribution in [0.2, 0.25) is 0 Å². The molecule has 4 rings (SSSR count). The lowest BCUT2D eigenvalue weighted by atomic mass is 9.94. The van der Waals surface area contributed by atoms with Crippen molar-refractivity contribution in [1.29, 1.82) is 0 Å². The predicted octanol–water partition coefficient (Wildman–Crippen LogP) is 4.91. The predicted molar refractivity (Wildman–Crippen MR) is 122 cm³/mol. The van der Waals surface area contributed by atoms with Gasteiger partial charge in [0.1, 0.15) is 5.75 Å². The Bertz CT molecular complexity index is 818. The van der Waals surface area contributed by atoms with E-state index in [0.29, 0.717) is 6.04 Å². The van der Waals surface area contributed by atoms with Gasteiger partial charge in [-0.3, -0.25) is 9.69 Å². The van der Waals surface area contributed by atoms with E-state index in [9.17, 15) is 4.79 Å². The largest absolute Gasteiger partial charge is 0.497 e. The number of carbonyl (C=O) groups is 1. The number of ether oxygens (including phenoxy) is 1. The second-order valence-corrected chi connectivity index (χ2v) is 9.17. The number of nitrogens with zero attached hydrogens (tertiary/aromatic N) is 1. The molecule has 0 spiro atoms. The molecular weight excluding hydrogens is 380 g/mol. The summed E-state index contributed by atoms with van der Waals surface area (Å²) in [6.07, 6.45) is 4.62. The summed E-state index contributed by atoms with van der Waals surface area (Å²) < 4.78 is 5.26. The van der Waals surface area contributed by atoms with Crippen LogP contribution in [0.15, 0.2) is 48.5 Å². The molecule has 2 fully saturated rings. The lowest BCUT2D eigenvalue weighted by molar-refractivity contribution is -0.121. The minimum Gasteiger partial charge on any atom is -0.497 e. The van der Waals surface area contributed by atoms with Crippen molar-refractivity contribution in [2.45, 2.75) is 31.7 Å². The molecule has 1 atom stereocenters. The van der Waals surface area contributed by atoms with Gasteiger partial charge in [0.25, 0.3) is 0 Å². The van der Waals surface area contributed by atoms with Crippen LogP contribution in [0.3, 0.4) is 0 Å². The maximum absolute atomic E-state index is 13.1. The van der Waals surface area contributed by atoms with Gasteiger partial charge in [0.05, 0.1) is 13.0 Å². The molecule has 2 saturated heterocycles. The molecule has 4 nitrogen and oxygen atoms in total. The standard InChI is InChI=1S/C24H30N2O2S/c1-28-21-10-8-18(9-11-21)22-6-2-3-7-23(22)25-24(27)19-5-4-14-26(17-19)20-12-15-29-16-13-20/h2-3,6-11,19-20H,4-5,12-17H2,1H3,(H,25,27). The number of likely N-dealkylation sites (tertiary alicyclic amines) is 1. The second kappa shape index (κ2) is 9.68. The van der Waals surface area contributed by atoms with E-state index < -0.39 is 0 Å². The van der Waals surface area contributed by atoms with Crippen molar-refractivity contribution in [1.82, 2.24) is 4.90 Å². The van der Waals surface area contributed by atoms with E-state index in [4.69, 9.17) is 4.74 Å². The number of hydrogen-bond donors (Lipinski definition) is 1. The van der Waals surface area contributed by atoms with E-state index in [1.807, 2.05) is 42.5 Å². The van der Waals surface area contributed by atoms with Crippen molar-refractivity contribution in [2.75, 3.05) is 37.0 Å². The van der Waals surface area contributed by atoms with Crippen molar-refractivity contribution in [2.24, 2.45) is 5.92 Å². The summed E-state index contributed by atoms with van der Waals surface area (Å²) in [5.74, 6) is 3.57. The number of para-hydroxylation sites is 1.